The highest BCUT2D eigenvalue weighted by Gasteiger charge is 2.26. The highest BCUT2D eigenvalue weighted by Crippen LogP contribution is 2.39. The first kappa shape index (κ1) is 13.6. The highest BCUT2D eigenvalue weighted by molar-refractivity contribution is 7.98. The molecule has 1 nitrogen and oxygen atoms in total. The SMILES string of the molecule is O=C(c1cc2c(s1)CCSC2)c1ccccc1C1CCC1. The van der Waals surface area contributed by atoms with Crippen LogP contribution in [0, 0.1) is 0 Å². The summed E-state index contributed by atoms with van der Waals surface area (Å²) in [6.07, 6.45) is 4.91. The van der Waals surface area contributed by atoms with E-state index in [1.807, 2.05) is 23.9 Å². The molecule has 0 atom stereocenters. The number of fused-ring (bicyclic) bond motifs is 1. The van der Waals surface area contributed by atoms with Crippen LogP contribution in [0.3, 0.4) is 0 Å². The maximum atomic E-state index is 12.9. The topological polar surface area (TPSA) is 17.1 Å². The summed E-state index contributed by atoms with van der Waals surface area (Å²) in [5.74, 6) is 3.11. The first-order valence-corrected chi connectivity index (χ1v) is 9.63. The van der Waals surface area contributed by atoms with Crippen LogP contribution in [0.1, 0.15) is 56.4 Å². The molecule has 0 unspecified atom stereocenters. The van der Waals surface area contributed by atoms with E-state index in [0.717, 1.165) is 22.6 Å². The lowest BCUT2D eigenvalue weighted by Gasteiger charge is -2.27. The van der Waals surface area contributed by atoms with Crippen LogP contribution in [-0.2, 0) is 12.2 Å². The molecule has 2 aromatic rings. The van der Waals surface area contributed by atoms with Gasteiger partial charge in [0.05, 0.1) is 4.88 Å². The molecule has 1 fully saturated rings. The van der Waals surface area contributed by atoms with Crippen LogP contribution in [0.2, 0.25) is 0 Å². The van der Waals surface area contributed by atoms with Crippen molar-refractivity contribution in [1.29, 1.82) is 0 Å². The lowest BCUT2D eigenvalue weighted by molar-refractivity contribution is 0.104. The van der Waals surface area contributed by atoms with E-state index in [4.69, 9.17) is 0 Å². The van der Waals surface area contributed by atoms with Crippen molar-refractivity contribution in [2.75, 3.05) is 5.75 Å². The summed E-state index contributed by atoms with van der Waals surface area (Å²) in [5, 5.41) is 0. The largest absolute Gasteiger partial charge is 0.288 e. The van der Waals surface area contributed by atoms with Crippen molar-refractivity contribution in [2.24, 2.45) is 0 Å². The fourth-order valence-corrected chi connectivity index (χ4v) is 5.50. The fourth-order valence-electron chi connectivity index (χ4n) is 3.17. The van der Waals surface area contributed by atoms with Crippen molar-refractivity contribution < 1.29 is 4.79 Å². The molecule has 1 aliphatic carbocycles. The third-order valence-corrected chi connectivity index (χ3v) is 6.85. The Bertz CT molecular complexity index is 659. The van der Waals surface area contributed by atoms with Gasteiger partial charge in [-0.05, 0) is 48.1 Å². The Balaban J connectivity index is 1.70. The normalized spacial score (nSPS) is 18.1. The number of hydrogen-bond donors (Lipinski definition) is 0. The average molecular weight is 314 g/mol. The maximum Gasteiger partial charge on any atom is 0.203 e. The number of benzene rings is 1. The summed E-state index contributed by atoms with van der Waals surface area (Å²) in [7, 11) is 0. The molecule has 0 N–H and O–H groups in total. The monoisotopic (exact) mass is 314 g/mol. The van der Waals surface area contributed by atoms with Gasteiger partial charge in [0.1, 0.15) is 0 Å². The van der Waals surface area contributed by atoms with Crippen molar-refractivity contribution in [3.8, 4) is 0 Å². The summed E-state index contributed by atoms with van der Waals surface area (Å²) in [5.41, 5.74) is 3.60. The van der Waals surface area contributed by atoms with Gasteiger partial charge in [-0.2, -0.15) is 11.8 Å². The van der Waals surface area contributed by atoms with Gasteiger partial charge in [0, 0.05) is 16.2 Å². The lowest BCUT2D eigenvalue weighted by atomic mass is 9.77. The van der Waals surface area contributed by atoms with Gasteiger partial charge in [-0.3, -0.25) is 4.79 Å². The number of thiophene rings is 1. The molecule has 0 saturated heterocycles. The number of rotatable bonds is 3. The number of aryl methyl sites for hydroxylation is 1. The van der Waals surface area contributed by atoms with Crippen LogP contribution < -0.4 is 0 Å². The molecule has 0 radical (unpaired) electrons. The minimum Gasteiger partial charge on any atom is -0.288 e. The zero-order valence-corrected chi connectivity index (χ0v) is 13.6. The molecule has 21 heavy (non-hydrogen) atoms. The minimum absolute atomic E-state index is 0.238. The van der Waals surface area contributed by atoms with E-state index in [0.29, 0.717) is 5.92 Å². The maximum absolute atomic E-state index is 12.9. The third-order valence-electron chi connectivity index (χ3n) is 4.60. The Kier molecular flexibility index (Phi) is 3.64. The Hall–Kier alpha value is -1.06. The predicted octanol–water partition coefficient (Wildman–Crippen LogP) is 5.04. The molecule has 1 aromatic carbocycles. The van der Waals surface area contributed by atoms with Crippen LogP contribution in [0.15, 0.2) is 30.3 Å². The summed E-state index contributed by atoms with van der Waals surface area (Å²) >= 11 is 3.70. The molecule has 1 saturated carbocycles. The molecular formula is C18H18OS2. The average Bonchev–Trinajstić information content (AvgIpc) is 2.89. The van der Waals surface area contributed by atoms with Crippen molar-refractivity contribution in [3.63, 3.8) is 0 Å². The predicted molar refractivity (Wildman–Crippen MR) is 90.7 cm³/mol. The molecule has 3 heteroatoms. The van der Waals surface area contributed by atoms with Crippen molar-refractivity contribution >= 4 is 28.9 Å². The molecule has 2 aliphatic rings. The van der Waals surface area contributed by atoms with Crippen molar-refractivity contribution in [3.05, 3.63) is 56.8 Å². The van der Waals surface area contributed by atoms with Gasteiger partial charge in [0.25, 0.3) is 0 Å². The van der Waals surface area contributed by atoms with Gasteiger partial charge in [-0.15, -0.1) is 11.3 Å². The van der Waals surface area contributed by atoms with Crippen molar-refractivity contribution in [1.82, 2.24) is 0 Å². The first-order chi connectivity index (χ1) is 10.3. The summed E-state index contributed by atoms with van der Waals surface area (Å²) in [4.78, 5) is 15.3. The van der Waals surface area contributed by atoms with Crippen molar-refractivity contribution in [2.45, 2.75) is 37.4 Å². The number of carbonyl (C=O) groups excluding carboxylic acids is 1. The van der Waals surface area contributed by atoms with E-state index in [-0.39, 0.29) is 5.78 Å². The number of hydrogen-bond acceptors (Lipinski definition) is 3. The van der Waals surface area contributed by atoms with E-state index in [1.54, 1.807) is 11.3 Å². The van der Waals surface area contributed by atoms with E-state index in [9.17, 15) is 4.79 Å². The Morgan fingerprint density at radius 1 is 1.19 bits per heavy atom. The van der Waals surface area contributed by atoms with E-state index in [2.05, 4.69) is 18.2 Å². The van der Waals surface area contributed by atoms with Gasteiger partial charge in [0.2, 0.25) is 5.78 Å². The third kappa shape index (κ3) is 2.47. The molecule has 108 valence electrons. The van der Waals surface area contributed by atoms with Crippen LogP contribution >= 0.6 is 23.1 Å². The summed E-state index contributed by atoms with van der Waals surface area (Å²) < 4.78 is 0. The summed E-state index contributed by atoms with van der Waals surface area (Å²) in [6.45, 7) is 0. The molecule has 2 heterocycles. The molecule has 0 amide bonds. The van der Waals surface area contributed by atoms with Crippen LogP contribution in [0.4, 0.5) is 0 Å². The van der Waals surface area contributed by atoms with Crippen LogP contribution in [-0.4, -0.2) is 11.5 Å². The Morgan fingerprint density at radius 2 is 2.05 bits per heavy atom. The molecule has 1 aromatic heterocycles. The molecule has 4 rings (SSSR count). The molecule has 0 spiro atoms. The lowest BCUT2D eigenvalue weighted by Crippen LogP contribution is -2.13. The highest BCUT2D eigenvalue weighted by atomic mass is 32.2. The second kappa shape index (κ2) is 5.62. The minimum atomic E-state index is 0.238. The molecule has 0 bridgehead atoms. The Morgan fingerprint density at radius 3 is 2.81 bits per heavy atom. The van der Waals surface area contributed by atoms with Gasteiger partial charge < -0.3 is 0 Å². The standard InChI is InChI=1S/C18H18OS2/c19-18(17-10-13-11-20-9-8-16(13)21-17)15-7-2-1-6-14(15)12-4-3-5-12/h1-2,6-7,10,12H,3-5,8-9,11H2. The van der Waals surface area contributed by atoms with Gasteiger partial charge in [-0.1, -0.05) is 30.7 Å². The van der Waals surface area contributed by atoms with E-state index in [1.165, 1.54) is 41.0 Å². The number of ketones is 1. The van der Waals surface area contributed by atoms with Crippen LogP contribution in [0.5, 0.6) is 0 Å². The van der Waals surface area contributed by atoms with Crippen LogP contribution in [0.25, 0.3) is 0 Å². The smallest absolute Gasteiger partial charge is 0.203 e. The zero-order valence-electron chi connectivity index (χ0n) is 11.9. The van der Waals surface area contributed by atoms with E-state index >= 15 is 0 Å². The zero-order chi connectivity index (χ0) is 14.2. The quantitative estimate of drug-likeness (QED) is 0.739. The number of thioether (sulfide) groups is 1. The Labute approximate surface area is 133 Å². The number of carbonyl (C=O) groups is 1. The van der Waals surface area contributed by atoms with Gasteiger partial charge in [-0.25, -0.2) is 0 Å². The van der Waals surface area contributed by atoms with Gasteiger partial charge >= 0.3 is 0 Å². The first-order valence-electron chi connectivity index (χ1n) is 7.66. The second-order valence-electron chi connectivity index (χ2n) is 5.91. The fraction of sp³-hybridized carbons (Fsp3) is 0.389. The van der Waals surface area contributed by atoms with Gasteiger partial charge in [0.15, 0.2) is 0 Å². The molecule has 1 aliphatic heterocycles. The molecular weight excluding hydrogens is 296 g/mol. The second-order valence-corrected chi connectivity index (χ2v) is 8.15. The summed E-state index contributed by atoms with van der Waals surface area (Å²) in [6, 6.07) is 10.4. The van der Waals surface area contributed by atoms with E-state index < -0.39 is 0 Å².